The summed E-state index contributed by atoms with van der Waals surface area (Å²) in [5, 5.41) is 3.46. The van der Waals surface area contributed by atoms with Crippen molar-refractivity contribution in [3.63, 3.8) is 0 Å². The molecule has 2 aromatic carbocycles. The zero-order chi connectivity index (χ0) is 16.2. The van der Waals surface area contributed by atoms with Crippen LogP contribution < -0.4 is 5.32 Å². The Kier molecular flexibility index (Phi) is 4.06. The van der Waals surface area contributed by atoms with E-state index >= 15 is 0 Å². The van der Waals surface area contributed by atoms with Gasteiger partial charge in [-0.25, -0.2) is 0 Å². The molecule has 3 aromatic rings. The number of nitrogens with one attached hydrogen (secondary N) is 1. The highest BCUT2D eigenvalue weighted by Crippen LogP contribution is 2.19. The summed E-state index contributed by atoms with van der Waals surface area (Å²) in [7, 11) is 1.59. The van der Waals surface area contributed by atoms with Crippen molar-refractivity contribution in [2.24, 2.45) is 0 Å². The molecule has 1 amide bonds. The second-order valence-electron chi connectivity index (χ2n) is 5.05. The van der Waals surface area contributed by atoms with Gasteiger partial charge in [0.15, 0.2) is 5.76 Å². The number of rotatable bonds is 4. The van der Waals surface area contributed by atoms with Gasteiger partial charge in [0, 0.05) is 18.0 Å². The topological polar surface area (TPSA) is 59.3 Å². The fraction of sp³-hybridized carbons (Fsp3) is 0.0526. The monoisotopic (exact) mass is 305 g/mol. The van der Waals surface area contributed by atoms with Crippen LogP contribution in [0.25, 0.3) is 17.0 Å². The van der Waals surface area contributed by atoms with E-state index < -0.39 is 0 Å². The number of ketones is 1. The Labute approximate surface area is 133 Å². The van der Waals surface area contributed by atoms with Crippen molar-refractivity contribution >= 4 is 28.7 Å². The number of carbonyl (C=O) groups excluding carboxylic acids is 2. The quantitative estimate of drug-likeness (QED) is 0.591. The van der Waals surface area contributed by atoms with Crippen molar-refractivity contribution in [2.75, 3.05) is 7.05 Å². The van der Waals surface area contributed by atoms with Gasteiger partial charge < -0.3 is 9.73 Å². The number of allylic oxidation sites excluding steroid dienone is 1. The van der Waals surface area contributed by atoms with E-state index in [9.17, 15) is 9.59 Å². The molecule has 0 spiro atoms. The molecule has 3 rings (SSSR count). The van der Waals surface area contributed by atoms with Crippen LogP contribution in [0.5, 0.6) is 0 Å². The van der Waals surface area contributed by atoms with Crippen LogP contribution >= 0.6 is 0 Å². The third-order valence-electron chi connectivity index (χ3n) is 3.50. The molecule has 1 heterocycles. The minimum absolute atomic E-state index is 0.140. The molecule has 0 bridgehead atoms. The lowest BCUT2D eigenvalue weighted by atomic mass is 10.1. The van der Waals surface area contributed by atoms with E-state index in [1.54, 1.807) is 43.5 Å². The molecule has 0 aliphatic heterocycles. The maximum atomic E-state index is 12.2. The largest absolute Gasteiger partial charge is 0.453 e. The van der Waals surface area contributed by atoms with Gasteiger partial charge in [-0.1, -0.05) is 36.4 Å². The van der Waals surface area contributed by atoms with Gasteiger partial charge >= 0.3 is 0 Å². The third-order valence-corrected chi connectivity index (χ3v) is 3.50. The minimum Gasteiger partial charge on any atom is -0.453 e. The van der Waals surface area contributed by atoms with Crippen LogP contribution in [0.4, 0.5) is 0 Å². The van der Waals surface area contributed by atoms with E-state index in [1.165, 1.54) is 6.08 Å². The summed E-state index contributed by atoms with van der Waals surface area (Å²) < 4.78 is 5.53. The number of para-hydroxylation sites is 1. The Morgan fingerprint density at radius 3 is 2.48 bits per heavy atom. The Balaban J connectivity index is 1.76. The summed E-state index contributed by atoms with van der Waals surface area (Å²) in [5.41, 5.74) is 2.11. The first-order chi connectivity index (χ1) is 11.2. The maximum absolute atomic E-state index is 12.2. The molecular weight excluding hydrogens is 290 g/mol. The number of amides is 1. The Morgan fingerprint density at radius 1 is 1.04 bits per heavy atom. The van der Waals surface area contributed by atoms with Crippen molar-refractivity contribution < 1.29 is 14.0 Å². The van der Waals surface area contributed by atoms with Crippen molar-refractivity contribution in [3.8, 4) is 0 Å². The molecule has 0 aliphatic rings. The van der Waals surface area contributed by atoms with Crippen molar-refractivity contribution in [3.05, 3.63) is 77.6 Å². The van der Waals surface area contributed by atoms with Gasteiger partial charge in [-0.05, 0) is 35.9 Å². The SMILES string of the molecule is CNC(=O)c1ccc(/C=C/C(=O)c2cc3ccccc3o2)cc1. The normalized spacial score (nSPS) is 11.0. The molecule has 4 nitrogen and oxygen atoms in total. The molecule has 0 fully saturated rings. The molecule has 0 radical (unpaired) electrons. The van der Waals surface area contributed by atoms with Crippen LogP contribution in [0.3, 0.4) is 0 Å². The minimum atomic E-state index is -0.198. The summed E-state index contributed by atoms with van der Waals surface area (Å²) in [4.78, 5) is 23.6. The molecule has 0 aliphatic carbocycles. The first-order valence-electron chi connectivity index (χ1n) is 7.20. The third kappa shape index (κ3) is 3.21. The summed E-state index contributed by atoms with van der Waals surface area (Å²) >= 11 is 0. The Hall–Kier alpha value is -3.14. The molecule has 1 N–H and O–H groups in total. The predicted octanol–water partition coefficient (Wildman–Crippen LogP) is 3.69. The lowest BCUT2D eigenvalue weighted by molar-refractivity contribution is 0.0962. The zero-order valence-electron chi connectivity index (χ0n) is 12.6. The van der Waals surface area contributed by atoms with Crippen LogP contribution in [-0.2, 0) is 0 Å². The standard InChI is InChI=1S/C19H15NO3/c1-20-19(22)14-9-6-13(7-10-14)8-11-16(21)18-12-15-4-2-3-5-17(15)23-18/h2-12H,1H3,(H,20,22)/b11-8+. The Bertz CT molecular complexity index is 855. The summed E-state index contributed by atoms with van der Waals surface area (Å²) in [5.74, 6) is -0.0279. The van der Waals surface area contributed by atoms with Gasteiger partial charge in [-0.2, -0.15) is 0 Å². The smallest absolute Gasteiger partial charge is 0.251 e. The molecule has 1 aromatic heterocycles. The van der Waals surface area contributed by atoms with Gasteiger partial charge in [0.2, 0.25) is 5.78 Å². The number of benzene rings is 2. The molecule has 0 atom stereocenters. The van der Waals surface area contributed by atoms with Gasteiger partial charge in [-0.3, -0.25) is 9.59 Å². The lowest BCUT2D eigenvalue weighted by Crippen LogP contribution is -2.17. The average molecular weight is 305 g/mol. The number of carbonyl (C=O) groups is 2. The number of fused-ring (bicyclic) bond motifs is 1. The highest BCUT2D eigenvalue weighted by atomic mass is 16.3. The van der Waals surface area contributed by atoms with Gasteiger partial charge in [0.25, 0.3) is 5.91 Å². The molecule has 0 saturated carbocycles. The van der Waals surface area contributed by atoms with E-state index in [1.807, 2.05) is 24.3 Å². The molecule has 0 saturated heterocycles. The van der Waals surface area contributed by atoms with Crippen molar-refractivity contribution in [1.82, 2.24) is 5.32 Å². The van der Waals surface area contributed by atoms with Gasteiger partial charge in [0.05, 0.1) is 0 Å². The average Bonchev–Trinajstić information content (AvgIpc) is 3.03. The fourth-order valence-corrected chi connectivity index (χ4v) is 2.25. The zero-order valence-corrected chi connectivity index (χ0v) is 12.6. The highest BCUT2D eigenvalue weighted by Gasteiger charge is 2.09. The van der Waals surface area contributed by atoms with Crippen molar-refractivity contribution in [2.45, 2.75) is 0 Å². The molecule has 23 heavy (non-hydrogen) atoms. The summed E-state index contributed by atoms with van der Waals surface area (Å²) in [6.45, 7) is 0. The molecule has 4 heteroatoms. The van der Waals surface area contributed by atoms with Crippen LogP contribution in [0.15, 0.2) is 65.1 Å². The fourth-order valence-electron chi connectivity index (χ4n) is 2.25. The number of furan rings is 1. The Morgan fingerprint density at radius 2 is 1.78 bits per heavy atom. The van der Waals surface area contributed by atoms with Crippen LogP contribution in [0, 0.1) is 0 Å². The van der Waals surface area contributed by atoms with E-state index in [4.69, 9.17) is 4.42 Å². The van der Waals surface area contributed by atoms with Gasteiger partial charge in [0.1, 0.15) is 5.58 Å². The first kappa shape index (κ1) is 14.8. The van der Waals surface area contributed by atoms with Crippen molar-refractivity contribution in [1.29, 1.82) is 0 Å². The predicted molar refractivity (Wildman–Crippen MR) is 89.4 cm³/mol. The molecule has 114 valence electrons. The second kappa shape index (κ2) is 6.32. The molecular formula is C19H15NO3. The van der Waals surface area contributed by atoms with Crippen LogP contribution in [-0.4, -0.2) is 18.7 Å². The van der Waals surface area contributed by atoms with E-state index in [0.717, 1.165) is 10.9 Å². The lowest BCUT2D eigenvalue weighted by Gasteiger charge is -1.99. The molecule has 0 unspecified atom stereocenters. The van der Waals surface area contributed by atoms with E-state index in [2.05, 4.69) is 5.32 Å². The van der Waals surface area contributed by atoms with Crippen LogP contribution in [0.2, 0.25) is 0 Å². The van der Waals surface area contributed by atoms with Crippen LogP contribution in [0.1, 0.15) is 26.5 Å². The van der Waals surface area contributed by atoms with E-state index in [0.29, 0.717) is 16.9 Å². The highest BCUT2D eigenvalue weighted by molar-refractivity contribution is 6.07. The maximum Gasteiger partial charge on any atom is 0.251 e. The summed E-state index contributed by atoms with van der Waals surface area (Å²) in [6.07, 6.45) is 3.16. The second-order valence-corrected chi connectivity index (χ2v) is 5.05. The van der Waals surface area contributed by atoms with E-state index in [-0.39, 0.29) is 11.7 Å². The van der Waals surface area contributed by atoms with Gasteiger partial charge in [-0.15, -0.1) is 0 Å². The summed E-state index contributed by atoms with van der Waals surface area (Å²) in [6, 6.07) is 16.2. The first-order valence-corrected chi connectivity index (χ1v) is 7.20. The number of hydrogen-bond donors (Lipinski definition) is 1. The number of hydrogen-bond acceptors (Lipinski definition) is 3.